The second-order valence-electron chi connectivity index (χ2n) is 3.02. The van der Waals surface area contributed by atoms with Crippen LogP contribution in [0.25, 0.3) is 0 Å². The van der Waals surface area contributed by atoms with Crippen molar-refractivity contribution in [2.45, 2.75) is 0 Å². The SMILES string of the molecule is Nc1ccc(NC2=NCCN2)cc1F. The van der Waals surface area contributed by atoms with Gasteiger partial charge in [0.05, 0.1) is 12.2 Å². The fraction of sp³-hybridized carbons (Fsp3) is 0.222. The summed E-state index contributed by atoms with van der Waals surface area (Å²) >= 11 is 0. The minimum atomic E-state index is -0.423. The van der Waals surface area contributed by atoms with Crippen LogP contribution in [0.1, 0.15) is 0 Å². The summed E-state index contributed by atoms with van der Waals surface area (Å²) in [6, 6.07) is 4.58. The highest BCUT2D eigenvalue weighted by atomic mass is 19.1. The molecule has 1 aliphatic rings. The smallest absolute Gasteiger partial charge is 0.195 e. The molecule has 0 fully saturated rings. The lowest BCUT2D eigenvalue weighted by atomic mass is 10.3. The highest BCUT2D eigenvalue weighted by molar-refractivity contribution is 5.94. The van der Waals surface area contributed by atoms with Crippen molar-refractivity contribution >= 4 is 17.3 Å². The zero-order valence-electron chi connectivity index (χ0n) is 7.55. The number of hydrogen-bond donors (Lipinski definition) is 3. The Kier molecular flexibility index (Phi) is 2.22. The zero-order chi connectivity index (χ0) is 9.97. The lowest BCUT2D eigenvalue weighted by Gasteiger charge is -2.06. The first kappa shape index (κ1) is 8.80. The van der Waals surface area contributed by atoms with Gasteiger partial charge in [0, 0.05) is 12.2 Å². The van der Waals surface area contributed by atoms with E-state index < -0.39 is 5.82 Å². The highest BCUT2D eigenvalue weighted by Gasteiger charge is 2.05. The van der Waals surface area contributed by atoms with E-state index in [4.69, 9.17) is 5.73 Å². The number of nitrogens with zero attached hydrogens (tertiary/aromatic N) is 1. The molecule has 74 valence electrons. The monoisotopic (exact) mass is 194 g/mol. The second kappa shape index (κ2) is 3.53. The number of guanidine groups is 1. The Labute approximate surface area is 81.0 Å². The number of halogens is 1. The van der Waals surface area contributed by atoms with Crippen LogP contribution in [0.4, 0.5) is 15.8 Å². The number of aliphatic imine (C=N–C) groups is 1. The van der Waals surface area contributed by atoms with Crippen LogP contribution < -0.4 is 16.4 Å². The molecule has 5 heteroatoms. The largest absolute Gasteiger partial charge is 0.396 e. The summed E-state index contributed by atoms with van der Waals surface area (Å²) in [5.41, 5.74) is 6.14. The summed E-state index contributed by atoms with van der Waals surface area (Å²) in [5, 5.41) is 5.98. The van der Waals surface area contributed by atoms with Crippen LogP contribution in [-0.2, 0) is 0 Å². The van der Waals surface area contributed by atoms with Crippen molar-refractivity contribution in [2.24, 2.45) is 4.99 Å². The minimum absolute atomic E-state index is 0.150. The van der Waals surface area contributed by atoms with E-state index >= 15 is 0 Å². The summed E-state index contributed by atoms with van der Waals surface area (Å²) in [5.74, 6) is 0.253. The van der Waals surface area contributed by atoms with Crippen LogP contribution in [0.3, 0.4) is 0 Å². The van der Waals surface area contributed by atoms with Crippen LogP contribution >= 0.6 is 0 Å². The van der Waals surface area contributed by atoms with Crippen molar-refractivity contribution in [3.63, 3.8) is 0 Å². The Morgan fingerprint density at radius 1 is 1.50 bits per heavy atom. The van der Waals surface area contributed by atoms with E-state index in [-0.39, 0.29) is 5.69 Å². The molecule has 0 amide bonds. The molecule has 4 nitrogen and oxygen atoms in total. The van der Waals surface area contributed by atoms with E-state index in [1.54, 1.807) is 6.07 Å². The van der Waals surface area contributed by atoms with Crippen LogP contribution in [0, 0.1) is 5.82 Å². The fourth-order valence-corrected chi connectivity index (χ4v) is 1.22. The molecular weight excluding hydrogens is 183 g/mol. The third-order valence-electron chi connectivity index (χ3n) is 1.94. The summed E-state index contributed by atoms with van der Waals surface area (Å²) in [7, 11) is 0. The van der Waals surface area contributed by atoms with Crippen molar-refractivity contribution < 1.29 is 4.39 Å². The summed E-state index contributed by atoms with van der Waals surface area (Å²) in [6.45, 7) is 1.57. The molecule has 0 atom stereocenters. The molecule has 0 bridgehead atoms. The number of nitrogen functional groups attached to an aromatic ring is 1. The topological polar surface area (TPSA) is 62.4 Å². The van der Waals surface area contributed by atoms with E-state index in [0.29, 0.717) is 11.6 Å². The normalized spacial score (nSPS) is 14.8. The van der Waals surface area contributed by atoms with Crippen molar-refractivity contribution in [3.8, 4) is 0 Å². The summed E-state index contributed by atoms with van der Waals surface area (Å²) in [6.07, 6.45) is 0. The standard InChI is InChI=1S/C9H11FN4/c10-7-5-6(1-2-8(7)11)14-9-12-3-4-13-9/h1-2,5H,3-4,11H2,(H2,12,13,14). The first-order chi connectivity index (χ1) is 6.75. The first-order valence-corrected chi connectivity index (χ1v) is 4.36. The zero-order valence-corrected chi connectivity index (χ0v) is 7.55. The molecule has 2 rings (SSSR count). The Bertz CT molecular complexity index is 375. The van der Waals surface area contributed by atoms with Gasteiger partial charge >= 0.3 is 0 Å². The average molecular weight is 194 g/mol. The summed E-state index contributed by atoms with van der Waals surface area (Å²) in [4.78, 5) is 4.12. The molecule has 0 aliphatic carbocycles. The van der Waals surface area contributed by atoms with Crippen molar-refractivity contribution in [3.05, 3.63) is 24.0 Å². The van der Waals surface area contributed by atoms with Gasteiger partial charge in [-0.25, -0.2) is 4.39 Å². The van der Waals surface area contributed by atoms with Gasteiger partial charge in [-0.2, -0.15) is 0 Å². The highest BCUT2D eigenvalue weighted by Crippen LogP contribution is 2.15. The Morgan fingerprint density at radius 2 is 2.36 bits per heavy atom. The number of nitrogens with one attached hydrogen (secondary N) is 2. The number of hydrogen-bond acceptors (Lipinski definition) is 4. The maximum atomic E-state index is 13.0. The Balaban J connectivity index is 2.13. The molecule has 14 heavy (non-hydrogen) atoms. The van der Waals surface area contributed by atoms with Gasteiger partial charge in [-0.1, -0.05) is 0 Å². The number of nitrogens with two attached hydrogens (primary N) is 1. The molecule has 0 radical (unpaired) electrons. The Hall–Kier alpha value is -1.78. The van der Waals surface area contributed by atoms with E-state index in [0.717, 1.165) is 13.1 Å². The predicted molar refractivity (Wildman–Crippen MR) is 54.7 cm³/mol. The third kappa shape index (κ3) is 1.76. The van der Waals surface area contributed by atoms with Gasteiger partial charge in [-0.05, 0) is 18.2 Å². The number of rotatable bonds is 1. The van der Waals surface area contributed by atoms with Gasteiger partial charge < -0.3 is 16.4 Å². The van der Waals surface area contributed by atoms with Crippen LogP contribution in [-0.4, -0.2) is 19.0 Å². The molecule has 0 saturated carbocycles. The molecule has 1 aromatic carbocycles. The third-order valence-corrected chi connectivity index (χ3v) is 1.94. The molecule has 4 N–H and O–H groups in total. The van der Waals surface area contributed by atoms with Crippen LogP contribution in [0.15, 0.2) is 23.2 Å². The number of benzene rings is 1. The van der Waals surface area contributed by atoms with E-state index in [1.807, 2.05) is 0 Å². The second-order valence-corrected chi connectivity index (χ2v) is 3.02. The fourth-order valence-electron chi connectivity index (χ4n) is 1.22. The van der Waals surface area contributed by atoms with Crippen LogP contribution in [0.2, 0.25) is 0 Å². The lowest BCUT2D eigenvalue weighted by molar-refractivity contribution is 0.633. The molecule has 0 unspecified atom stereocenters. The molecule has 0 saturated heterocycles. The number of anilines is 2. The van der Waals surface area contributed by atoms with E-state index in [1.165, 1.54) is 12.1 Å². The van der Waals surface area contributed by atoms with Gasteiger partial charge in [0.2, 0.25) is 0 Å². The molecule has 0 aromatic heterocycles. The maximum absolute atomic E-state index is 13.0. The van der Waals surface area contributed by atoms with Gasteiger partial charge in [0.25, 0.3) is 0 Å². The first-order valence-electron chi connectivity index (χ1n) is 4.36. The summed E-state index contributed by atoms with van der Waals surface area (Å²) < 4.78 is 13.0. The van der Waals surface area contributed by atoms with Crippen LogP contribution in [0.5, 0.6) is 0 Å². The molecule has 1 aliphatic heterocycles. The van der Waals surface area contributed by atoms with Gasteiger partial charge in [0.15, 0.2) is 5.96 Å². The van der Waals surface area contributed by atoms with Crippen molar-refractivity contribution in [1.29, 1.82) is 0 Å². The van der Waals surface area contributed by atoms with E-state index in [2.05, 4.69) is 15.6 Å². The predicted octanol–water partition coefficient (Wildman–Crippen LogP) is 0.779. The molecular formula is C9H11FN4. The van der Waals surface area contributed by atoms with Crippen molar-refractivity contribution in [2.75, 3.05) is 24.1 Å². The van der Waals surface area contributed by atoms with Gasteiger partial charge in [-0.3, -0.25) is 4.99 Å². The lowest BCUT2D eigenvalue weighted by Crippen LogP contribution is -2.26. The molecule has 1 aromatic rings. The maximum Gasteiger partial charge on any atom is 0.195 e. The minimum Gasteiger partial charge on any atom is -0.396 e. The van der Waals surface area contributed by atoms with Gasteiger partial charge in [0.1, 0.15) is 5.82 Å². The molecule has 0 spiro atoms. The van der Waals surface area contributed by atoms with E-state index in [9.17, 15) is 4.39 Å². The van der Waals surface area contributed by atoms with Crippen molar-refractivity contribution in [1.82, 2.24) is 5.32 Å². The van der Waals surface area contributed by atoms with Gasteiger partial charge in [-0.15, -0.1) is 0 Å². The Morgan fingerprint density at radius 3 is 3.00 bits per heavy atom. The molecule has 1 heterocycles. The average Bonchev–Trinajstić information content (AvgIpc) is 2.64. The quantitative estimate of drug-likeness (QED) is 0.579.